The largest absolute Gasteiger partial charge is 0.339 e. The number of halogens is 1. The summed E-state index contributed by atoms with van der Waals surface area (Å²) in [7, 11) is 0. The molecule has 3 rings (SSSR count). The summed E-state index contributed by atoms with van der Waals surface area (Å²) in [6, 6.07) is 8.88. The zero-order valence-electron chi connectivity index (χ0n) is 11.6. The van der Waals surface area contributed by atoms with Crippen LogP contribution in [0.5, 0.6) is 0 Å². The average Bonchev–Trinajstić information content (AvgIpc) is 2.84. The Morgan fingerprint density at radius 2 is 2.15 bits per heavy atom. The second-order valence-electron chi connectivity index (χ2n) is 5.56. The second-order valence-corrected chi connectivity index (χ2v) is 7.42. The van der Waals surface area contributed by atoms with Gasteiger partial charge in [0.15, 0.2) is 0 Å². The third kappa shape index (κ3) is 2.77. The van der Waals surface area contributed by atoms with Gasteiger partial charge < -0.3 is 4.90 Å². The lowest BCUT2D eigenvalue weighted by Gasteiger charge is -2.39. The highest BCUT2D eigenvalue weighted by Gasteiger charge is 2.36. The number of alkyl halides is 1. The van der Waals surface area contributed by atoms with E-state index in [2.05, 4.69) is 45.1 Å². The van der Waals surface area contributed by atoms with Crippen LogP contribution in [0.1, 0.15) is 37.2 Å². The molecule has 1 saturated carbocycles. The van der Waals surface area contributed by atoms with Crippen LogP contribution in [-0.2, 0) is 4.79 Å². The first-order chi connectivity index (χ1) is 9.81. The van der Waals surface area contributed by atoms with Gasteiger partial charge in [0.05, 0.1) is 5.92 Å². The van der Waals surface area contributed by atoms with Gasteiger partial charge in [0, 0.05) is 28.6 Å². The minimum atomic E-state index is 0.0760. The van der Waals surface area contributed by atoms with Crippen molar-refractivity contribution >= 4 is 33.6 Å². The van der Waals surface area contributed by atoms with E-state index in [1.807, 2.05) is 11.8 Å². The fourth-order valence-electron chi connectivity index (χ4n) is 2.97. The third-order valence-corrected chi connectivity index (χ3v) is 6.07. The Bertz CT molecular complexity index is 489. The first kappa shape index (κ1) is 14.5. The summed E-state index contributed by atoms with van der Waals surface area (Å²) in [4.78, 5) is 16.4. The van der Waals surface area contributed by atoms with Crippen LogP contribution in [0.2, 0.25) is 0 Å². The maximum atomic E-state index is 12.9. The van der Waals surface area contributed by atoms with E-state index >= 15 is 0 Å². The fraction of sp³-hybridized carbons (Fsp3) is 0.562. The summed E-state index contributed by atoms with van der Waals surface area (Å²) in [5.74, 6) is 1.34. The van der Waals surface area contributed by atoms with E-state index in [4.69, 9.17) is 0 Å². The Kier molecular flexibility index (Phi) is 4.72. The molecule has 1 unspecified atom stereocenters. The quantitative estimate of drug-likeness (QED) is 0.744. The summed E-state index contributed by atoms with van der Waals surface area (Å²) >= 11 is 5.31. The summed E-state index contributed by atoms with van der Waals surface area (Å²) in [6.07, 6.45) is 4.70. The zero-order valence-corrected chi connectivity index (χ0v) is 14.0. The summed E-state index contributed by atoms with van der Waals surface area (Å²) < 4.78 is 0. The van der Waals surface area contributed by atoms with Crippen LogP contribution in [0.15, 0.2) is 29.2 Å². The molecular weight excluding hydrogens is 334 g/mol. The molecule has 0 saturated heterocycles. The highest BCUT2D eigenvalue weighted by Crippen LogP contribution is 2.41. The van der Waals surface area contributed by atoms with Crippen molar-refractivity contribution in [3.05, 3.63) is 29.8 Å². The Labute approximate surface area is 133 Å². The number of fused-ring (bicyclic) bond motifs is 1. The topological polar surface area (TPSA) is 20.3 Å². The monoisotopic (exact) mass is 353 g/mol. The van der Waals surface area contributed by atoms with Crippen LogP contribution in [0.25, 0.3) is 0 Å². The number of benzene rings is 1. The van der Waals surface area contributed by atoms with Crippen LogP contribution >= 0.6 is 27.7 Å². The Morgan fingerprint density at radius 3 is 2.85 bits per heavy atom. The standard InChI is InChI=1S/C16H20BrNOS/c17-9-4-10-18(12-5-3-6-12)16(19)14-11-20-15-8-2-1-7-13(14)15/h1-2,7-8,12,14H,3-6,9-11H2. The highest BCUT2D eigenvalue weighted by atomic mass is 79.9. The SMILES string of the molecule is O=C(C1CSc2ccccc21)N(CCCBr)C1CCC1. The van der Waals surface area contributed by atoms with Crippen molar-refractivity contribution in [2.24, 2.45) is 0 Å². The van der Waals surface area contributed by atoms with Gasteiger partial charge in [-0.3, -0.25) is 4.79 Å². The van der Waals surface area contributed by atoms with E-state index in [0.717, 1.165) is 24.0 Å². The van der Waals surface area contributed by atoms with Crippen LogP contribution in [-0.4, -0.2) is 34.5 Å². The number of hydrogen-bond donors (Lipinski definition) is 0. The molecule has 4 heteroatoms. The number of carbonyl (C=O) groups excluding carboxylic acids is 1. The molecule has 1 heterocycles. The molecule has 0 radical (unpaired) electrons. The molecule has 20 heavy (non-hydrogen) atoms. The summed E-state index contributed by atoms with van der Waals surface area (Å²) in [6.45, 7) is 0.901. The van der Waals surface area contributed by atoms with Gasteiger partial charge in [-0.15, -0.1) is 11.8 Å². The molecule has 0 bridgehead atoms. The van der Waals surface area contributed by atoms with E-state index in [0.29, 0.717) is 11.9 Å². The Balaban J connectivity index is 1.76. The molecule has 1 aliphatic heterocycles. The predicted molar refractivity (Wildman–Crippen MR) is 87.7 cm³/mol. The molecule has 1 fully saturated rings. The van der Waals surface area contributed by atoms with Crippen molar-refractivity contribution in [3.63, 3.8) is 0 Å². The number of amides is 1. The van der Waals surface area contributed by atoms with Crippen LogP contribution in [0, 0.1) is 0 Å². The lowest BCUT2D eigenvalue weighted by Crippen LogP contribution is -2.47. The zero-order chi connectivity index (χ0) is 13.9. The van der Waals surface area contributed by atoms with Crippen molar-refractivity contribution in [2.75, 3.05) is 17.6 Å². The van der Waals surface area contributed by atoms with Crippen molar-refractivity contribution in [2.45, 2.75) is 42.5 Å². The van der Waals surface area contributed by atoms with Crippen LogP contribution in [0.4, 0.5) is 0 Å². The molecule has 0 aromatic heterocycles. The third-order valence-electron chi connectivity index (χ3n) is 4.33. The van der Waals surface area contributed by atoms with E-state index < -0.39 is 0 Å². The van der Waals surface area contributed by atoms with Crippen LogP contribution in [0.3, 0.4) is 0 Å². The lowest BCUT2D eigenvalue weighted by molar-refractivity contribution is -0.136. The van der Waals surface area contributed by atoms with Crippen LogP contribution < -0.4 is 0 Å². The second kappa shape index (κ2) is 6.52. The maximum absolute atomic E-state index is 12.9. The molecule has 1 aromatic rings. The molecule has 2 nitrogen and oxygen atoms in total. The van der Waals surface area contributed by atoms with E-state index in [-0.39, 0.29) is 5.92 Å². The molecule has 0 N–H and O–H groups in total. The predicted octanol–water partition coefficient (Wildman–Crippen LogP) is 4.04. The smallest absolute Gasteiger partial charge is 0.231 e. The Hall–Kier alpha value is -0.480. The number of carbonyl (C=O) groups is 1. The van der Waals surface area contributed by atoms with E-state index in [9.17, 15) is 4.79 Å². The number of thioether (sulfide) groups is 1. The number of nitrogens with zero attached hydrogens (tertiary/aromatic N) is 1. The average molecular weight is 354 g/mol. The molecule has 1 atom stereocenters. The van der Waals surface area contributed by atoms with Gasteiger partial charge in [0.1, 0.15) is 0 Å². The Morgan fingerprint density at radius 1 is 1.35 bits per heavy atom. The van der Waals surface area contributed by atoms with E-state index in [1.165, 1.54) is 29.7 Å². The molecule has 108 valence electrons. The molecule has 1 aromatic carbocycles. The van der Waals surface area contributed by atoms with Crippen molar-refractivity contribution in [1.29, 1.82) is 0 Å². The van der Waals surface area contributed by atoms with Crippen molar-refractivity contribution < 1.29 is 4.79 Å². The summed E-state index contributed by atoms with van der Waals surface area (Å²) in [5, 5.41) is 0.972. The molecule has 0 spiro atoms. The van der Waals surface area contributed by atoms with Gasteiger partial charge in [-0.1, -0.05) is 34.1 Å². The lowest BCUT2D eigenvalue weighted by atomic mass is 9.89. The summed E-state index contributed by atoms with van der Waals surface area (Å²) in [5.41, 5.74) is 1.24. The van der Waals surface area contributed by atoms with Gasteiger partial charge in [-0.2, -0.15) is 0 Å². The van der Waals surface area contributed by atoms with Gasteiger partial charge in [-0.05, 0) is 37.3 Å². The maximum Gasteiger partial charge on any atom is 0.231 e. The van der Waals surface area contributed by atoms with Crippen molar-refractivity contribution in [1.82, 2.24) is 4.90 Å². The van der Waals surface area contributed by atoms with Gasteiger partial charge in [-0.25, -0.2) is 0 Å². The number of hydrogen-bond acceptors (Lipinski definition) is 2. The highest BCUT2D eigenvalue weighted by molar-refractivity contribution is 9.09. The first-order valence-corrected chi connectivity index (χ1v) is 9.50. The molecule has 1 aliphatic carbocycles. The van der Waals surface area contributed by atoms with Gasteiger partial charge in [0.2, 0.25) is 5.91 Å². The minimum absolute atomic E-state index is 0.0760. The molecular formula is C16H20BrNOS. The normalized spacial score (nSPS) is 21.4. The molecule has 2 aliphatic rings. The fourth-order valence-corrected chi connectivity index (χ4v) is 4.44. The van der Waals surface area contributed by atoms with Gasteiger partial charge in [0.25, 0.3) is 0 Å². The molecule has 1 amide bonds. The first-order valence-electron chi connectivity index (χ1n) is 7.39. The van der Waals surface area contributed by atoms with E-state index in [1.54, 1.807) is 0 Å². The minimum Gasteiger partial charge on any atom is -0.339 e. The number of rotatable bonds is 5. The van der Waals surface area contributed by atoms with Crippen molar-refractivity contribution in [3.8, 4) is 0 Å². The van der Waals surface area contributed by atoms with Gasteiger partial charge >= 0.3 is 0 Å².